The SMILES string of the molecule is COc1cc(-c2ccc3c(c2)C(=O)C(=O)N3CC(=O)O)cc(OC)c1OC. The van der Waals surface area contributed by atoms with E-state index in [4.69, 9.17) is 19.3 Å². The summed E-state index contributed by atoms with van der Waals surface area (Å²) in [6.07, 6.45) is 0. The molecular weight excluding hydrogens is 354 g/mol. The van der Waals surface area contributed by atoms with Crippen molar-refractivity contribution in [2.24, 2.45) is 0 Å². The third-order valence-corrected chi connectivity index (χ3v) is 4.26. The van der Waals surface area contributed by atoms with E-state index < -0.39 is 24.2 Å². The molecule has 0 aromatic heterocycles. The lowest BCUT2D eigenvalue weighted by Crippen LogP contribution is -2.34. The van der Waals surface area contributed by atoms with Gasteiger partial charge in [-0.05, 0) is 35.4 Å². The Labute approximate surface area is 154 Å². The largest absolute Gasteiger partial charge is 0.493 e. The van der Waals surface area contributed by atoms with Crippen molar-refractivity contribution in [2.75, 3.05) is 32.8 Å². The number of amides is 1. The van der Waals surface area contributed by atoms with Crippen LogP contribution in [0.15, 0.2) is 30.3 Å². The van der Waals surface area contributed by atoms with Crippen molar-refractivity contribution in [2.45, 2.75) is 0 Å². The monoisotopic (exact) mass is 371 g/mol. The summed E-state index contributed by atoms with van der Waals surface area (Å²) in [5.41, 5.74) is 1.77. The van der Waals surface area contributed by atoms with Crippen molar-refractivity contribution < 1.29 is 33.7 Å². The number of aliphatic carboxylic acids is 1. The number of ketones is 1. The second-order valence-electron chi connectivity index (χ2n) is 5.76. The highest BCUT2D eigenvalue weighted by atomic mass is 16.5. The molecule has 3 rings (SSSR count). The first-order valence-corrected chi connectivity index (χ1v) is 7.93. The smallest absolute Gasteiger partial charge is 0.323 e. The van der Waals surface area contributed by atoms with Crippen LogP contribution in [-0.2, 0) is 9.59 Å². The lowest BCUT2D eigenvalue weighted by Gasteiger charge is -2.15. The van der Waals surface area contributed by atoms with Gasteiger partial charge in [0.25, 0.3) is 11.7 Å². The number of carboxylic acids is 1. The first-order valence-electron chi connectivity index (χ1n) is 7.93. The van der Waals surface area contributed by atoms with Crippen LogP contribution in [0.1, 0.15) is 10.4 Å². The first kappa shape index (κ1) is 18.2. The Bertz CT molecular complexity index is 926. The van der Waals surface area contributed by atoms with Gasteiger partial charge in [-0.1, -0.05) is 6.07 Å². The van der Waals surface area contributed by atoms with Crippen molar-refractivity contribution in [3.05, 3.63) is 35.9 Å². The maximum Gasteiger partial charge on any atom is 0.323 e. The highest BCUT2D eigenvalue weighted by Crippen LogP contribution is 2.42. The molecule has 27 heavy (non-hydrogen) atoms. The van der Waals surface area contributed by atoms with Gasteiger partial charge in [0.05, 0.1) is 32.6 Å². The number of Topliss-reactive ketones (excluding diaryl/α,β-unsaturated/α-hetero) is 1. The fraction of sp³-hybridized carbons (Fsp3) is 0.211. The number of fused-ring (bicyclic) bond motifs is 1. The fourth-order valence-corrected chi connectivity index (χ4v) is 3.02. The zero-order valence-electron chi connectivity index (χ0n) is 14.9. The van der Waals surface area contributed by atoms with Crippen LogP contribution in [0.25, 0.3) is 11.1 Å². The molecule has 0 saturated carbocycles. The van der Waals surface area contributed by atoms with Crippen molar-refractivity contribution >= 4 is 23.3 Å². The molecular formula is C19H17NO7. The summed E-state index contributed by atoms with van der Waals surface area (Å²) in [6, 6.07) is 8.25. The van der Waals surface area contributed by atoms with Crippen LogP contribution in [-0.4, -0.2) is 50.6 Å². The van der Waals surface area contributed by atoms with Gasteiger partial charge in [-0.25, -0.2) is 0 Å². The van der Waals surface area contributed by atoms with E-state index in [1.165, 1.54) is 21.3 Å². The van der Waals surface area contributed by atoms with E-state index >= 15 is 0 Å². The number of nitrogens with zero attached hydrogens (tertiary/aromatic N) is 1. The van der Waals surface area contributed by atoms with Gasteiger partial charge in [-0.2, -0.15) is 0 Å². The Morgan fingerprint density at radius 2 is 1.59 bits per heavy atom. The number of anilines is 1. The van der Waals surface area contributed by atoms with Gasteiger partial charge in [0, 0.05) is 0 Å². The number of methoxy groups -OCH3 is 3. The molecule has 0 spiro atoms. The number of rotatable bonds is 6. The van der Waals surface area contributed by atoms with E-state index in [1.54, 1.807) is 30.3 Å². The molecule has 0 aliphatic carbocycles. The topological polar surface area (TPSA) is 102 Å². The summed E-state index contributed by atoms with van der Waals surface area (Å²) in [6.45, 7) is -0.568. The summed E-state index contributed by atoms with van der Waals surface area (Å²) >= 11 is 0. The highest BCUT2D eigenvalue weighted by Gasteiger charge is 2.37. The molecule has 140 valence electrons. The predicted molar refractivity (Wildman–Crippen MR) is 95.9 cm³/mol. The molecule has 0 unspecified atom stereocenters. The number of ether oxygens (including phenoxy) is 3. The Kier molecular flexibility index (Phi) is 4.72. The summed E-state index contributed by atoms with van der Waals surface area (Å²) in [7, 11) is 4.49. The molecule has 2 aromatic carbocycles. The van der Waals surface area contributed by atoms with E-state index in [0.717, 1.165) is 4.90 Å². The molecule has 0 radical (unpaired) electrons. The Morgan fingerprint density at radius 3 is 2.11 bits per heavy atom. The predicted octanol–water partition coefficient (Wildman–Crippen LogP) is 1.99. The lowest BCUT2D eigenvalue weighted by molar-refractivity contribution is -0.136. The van der Waals surface area contributed by atoms with Crippen molar-refractivity contribution in [3.63, 3.8) is 0 Å². The van der Waals surface area contributed by atoms with E-state index in [-0.39, 0.29) is 11.3 Å². The summed E-state index contributed by atoms with van der Waals surface area (Å²) in [5.74, 6) is -1.46. The molecule has 1 aliphatic heterocycles. The number of carbonyl (C=O) groups excluding carboxylic acids is 2. The molecule has 1 aliphatic rings. The average molecular weight is 371 g/mol. The first-order chi connectivity index (χ1) is 12.9. The van der Waals surface area contributed by atoms with Crippen LogP contribution < -0.4 is 19.1 Å². The number of carbonyl (C=O) groups is 3. The second-order valence-corrected chi connectivity index (χ2v) is 5.76. The number of hydrogen-bond donors (Lipinski definition) is 1. The van der Waals surface area contributed by atoms with Crippen LogP contribution >= 0.6 is 0 Å². The second kappa shape index (κ2) is 6.99. The van der Waals surface area contributed by atoms with Crippen LogP contribution in [0, 0.1) is 0 Å². The Balaban J connectivity index is 2.10. The van der Waals surface area contributed by atoms with Gasteiger partial charge in [0.2, 0.25) is 5.75 Å². The minimum absolute atomic E-state index is 0.160. The minimum Gasteiger partial charge on any atom is -0.493 e. The van der Waals surface area contributed by atoms with Crippen molar-refractivity contribution in [1.82, 2.24) is 0 Å². The van der Waals surface area contributed by atoms with Gasteiger partial charge in [-0.3, -0.25) is 19.3 Å². The van der Waals surface area contributed by atoms with Gasteiger partial charge in [0.1, 0.15) is 6.54 Å². The van der Waals surface area contributed by atoms with E-state index in [0.29, 0.717) is 28.4 Å². The molecule has 8 heteroatoms. The molecule has 2 aromatic rings. The Morgan fingerprint density at radius 1 is 0.963 bits per heavy atom. The van der Waals surface area contributed by atoms with Gasteiger partial charge < -0.3 is 19.3 Å². The standard InChI is InChI=1S/C19H17NO7/c1-25-14-7-11(8-15(26-2)18(14)27-3)10-4-5-13-12(6-10)17(23)19(24)20(13)9-16(21)22/h4-8H,9H2,1-3H3,(H,21,22). The van der Waals surface area contributed by atoms with Gasteiger partial charge >= 0.3 is 5.97 Å². The molecule has 1 N–H and O–H groups in total. The zero-order valence-corrected chi connectivity index (χ0v) is 14.9. The third-order valence-electron chi connectivity index (χ3n) is 4.26. The number of benzene rings is 2. The van der Waals surface area contributed by atoms with Crippen LogP contribution in [0.4, 0.5) is 5.69 Å². The summed E-state index contributed by atoms with van der Waals surface area (Å²) in [5, 5.41) is 8.96. The van der Waals surface area contributed by atoms with E-state index in [9.17, 15) is 14.4 Å². The molecule has 0 saturated heterocycles. The average Bonchev–Trinajstić information content (AvgIpc) is 2.90. The zero-order chi connectivity index (χ0) is 19.7. The Hall–Kier alpha value is -3.55. The van der Waals surface area contributed by atoms with E-state index in [2.05, 4.69) is 0 Å². The lowest BCUT2D eigenvalue weighted by atomic mass is 10.0. The summed E-state index contributed by atoms with van der Waals surface area (Å²) in [4.78, 5) is 36.3. The molecule has 0 fully saturated rings. The maximum absolute atomic E-state index is 12.3. The molecule has 8 nitrogen and oxygen atoms in total. The highest BCUT2D eigenvalue weighted by molar-refractivity contribution is 6.52. The van der Waals surface area contributed by atoms with Crippen molar-refractivity contribution in [1.29, 1.82) is 0 Å². The molecule has 1 amide bonds. The van der Waals surface area contributed by atoms with Gasteiger partial charge in [-0.15, -0.1) is 0 Å². The van der Waals surface area contributed by atoms with Crippen molar-refractivity contribution in [3.8, 4) is 28.4 Å². The maximum atomic E-state index is 12.3. The van der Waals surface area contributed by atoms with Crippen LogP contribution in [0.3, 0.4) is 0 Å². The molecule has 0 bridgehead atoms. The minimum atomic E-state index is -1.20. The van der Waals surface area contributed by atoms with Gasteiger partial charge in [0.15, 0.2) is 11.5 Å². The molecule has 0 atom stereocenters. The quantitative estimate of drug-likeness (QED) is 0.775. The summed E-state index contributed by atoms with van der Waals surface area (Å²) < 4.78 is 16.0. The normalized spacial score (nSPS) is 12.8. The van der Waals surface area contributed by atoms with Crippen LogP contribution in [0.5, 0.6) is 17.2 Å². The number of hydrogen-bond acceptors (Lipinski definition) is 6. The fourth-order valence-electron chi connectivity index (χ4n) is 3.02. The number of carboxylic acid groups (broad SMARTS) is 1. The van der Waals surface area contributed by atoms with E-state index in [1.807, 2.05) is 0 Å². The third kappa shape index (κ3) is 3.05. The molecule has 1 heterocycles. The van der Waals surface area contributed by atoms with Crippen LogP contribution in [0.2, 0.25) is 0 Å².